The zero-order chi connectivity index (χ0) is 22.6. The minimum absolute atomic E-state index is 0.00687. The Balaban J connectivity index is 1.69. The highest BCUT2D eigenvalue weighted by molar-refractivity contribution is 7.54. The molecule has 3 unspecified atom stereocenters. The summed E-state index contributed by atoms with van der Waals surface area (Å²) in [5.74, 6) is -2.94. The van der Waals surface area contributed by atoms with Gasteiger partial charge in [-0.05, 0) is 36.1 Å². The lowest BCUT2D eigenvalue weighted by atomic mass is 10.0. The number of fused-ring (bicyclic) bond motifs is 1. The average Bonchev–Trinajstić information content (AvgIpc) is 3.37. The smallest absolute Gasteiger partial charge is 0.395 e. The van der Waals surface area contributed by atoms with E-state index in [9.17, 15) is 19.0 Å². The molecule has 166 valence electrons. The lowest BCUT2D eigenvalue weighted by Gasteiger charge is -2.23. The fourth-order valence-corrected chi connectivity index (χ4v) is 4.17. The van der Waals surface area contributed by atoms with Gasteiger partial charge < -0.3 is 29.9 Å². The number of furan rings is 1. The summed E-state index contributed by atoms with van der Waals surface area (Å²) in [7, 11) is -4.52. The van der Waals surface area contributed by atoms with Crippen molar-refractivity contribution in [2.45, 2.75) is 38.5 Å². The molecule has 0 aliphatic carbocycles. The van der Waals surface area contributed by atoms with Crippen molar-refractivity contribution in [3.05, 3.63) is 60.2 Å². The molecule has 2 aromatic heterocycles. The lowest BCUT2D eigenvalue weighted by Crippen LogP contribution is -2.43. The van der Waals surface area contributed by atoms with Crippen molar-refractivity contribution in [1.29, 1.82) is 0 Å². The van der Waals surface area contributed by atoms with Crippen molar-refractivity contribution in [3.8, 4) is 0 Å². The molecule has 3 atom stereocenters. The summed E-state index contributed by atoms with van der Waals surface area (Å²) < 4.78 is 22.7. The number of rotatable bonds is 9. The Morgan fingerprint density at radius 2 is 2.00 bits per heavy atom. The van der Waals surface area contributed by atoms with E-state index < -0.39 is 31.3 Å². The fraction of sp³-hybridized carbons (Fsp3) is 0.333. The molecular weight excluding hydrogens is 421 g/mol. The summed E-state index contributed by atoms with van der Waals surface area (Å²) in [6, 6.07) is 9.32. The van der Waals surface area contributed by atoms with Crippen molar-refractivity contribution in [2.75, 3.05) is 0 Å². The third-order valence-corrected chi connectivity index (χ3v) is 6.25. The van der Waals surface area contributed by atoms with E-state index in [4.69, 9.17) is 14.7 Å². The molecule has 1 aromatic carbocycles. The first-order valence-electron chi connectivity index (χ1n) is 9.88. The van der Waals surface area contributed by atoms with Crippen LogP contribution in [0.25, 0.3) is 10.9 Å². The van der Waals surface area contributed by atoms with Crippen molar-refractivity contribution in [1.82, 2.24) is 10.3 Å². The Bertz CT molecular complexity index is 1090. The predicted molar refractivity (Wildman–Crippen MR) is 115 cm³/mol. The van der Waals surface area contributed by atoms with E-state index in [0.29, 0.717) is 0 Å². The van der Waals surface area contributed by atoms with Crippen LogP contribution in [0.2, 0.25) is 0 Å². The largest absolute Gasteiger partial charge is 0.459 e. The summed E-state index contributed by atoms with van der Waals surface area (Å²) in [4.78, 5) is 38.4. The van der Waals surface area contributed by atoms with Crippen LogP contribution in [-0.2, 0) is 20.3 Å². The second-order valence-corrected chi connectivity index (χ2v) is 9.71. The monoisotopic (exact) mass is 447 g/mol. The second kappa shape index (κ2) is 9.51. The quantitative estimate of drug-likeness (QED) is 0.368. The summed E-state index contributed by atoms with van der Waals surface area (Å²) in [6.45, 7) is 3.70. The zero-order valence-electron chi connectivity index (χ0n) is 17.3. The first kappa shape index (κ1) is 22.8. The molecule has 5 N–H and O–H groups in total. The first-order chi connectivity index (χ1) is 14.7. The standard InChI is InChI=1S/C21H26N3O6P/c1-13(2)10-17(24-20(25)18-8-5-9-29-18)21(26)30-31(27,28)19(22)11-14-12-23-16-7-4-3-6-15(14)16/h3-9,12-13,17,19,23H,10-11,22H2,1-2H3,(H,24,25)(H,27,28). The van der Waals surface area contributed by atoms with Crippen LogP contribution in [0.5, 0.6) is 0 Å². The van der Waals surface area contributed by atoms with E-state index in [1.54, 1.807) is 6.20 Å². The number of benzene rings is 1. The van der Waals surface area contributed by atoms with Crippen molar-refractivity contribution < 1.29 is 28.0 Å². The Labute approximate surface area is 179 Å². The van der Waals surface area contributed by atoms with E-state index >= 15 is 0 Å². The van der Waals surface area contributed by atoms with Gasteiger partial charge in [0.1, 0.15) is 11.8 Å². The van der Waals surface area contributed by atoms with Crippen molar-refractivity contribution >= 4 is 30.4 Å². The van der Waals surface area contributed by atoms with Gasteiger partial charge in [0, 0.05) is 23.5 Å². The maximum absolute atomic E-state index is 12.7. The number of hydrogen-bond acceptors (Lipinski definition) is 6. The van der Waals surface area contributed by atoms with Crippen LogP contribution in [0.15, 0.2) is 53.3 Å². The van der Waals surface area contributed by atoms with Gasteiger partial charge in [-0.1, -0.05) is 32.0 Å². The first-order valence-corrected chi connectivity index (χ1v) is 11.5. The van der Waals surface area contributed by atoms with Crippen LogP contribution < -0.4 is 11.1 Å². The molecule has 3 aromatic rings. The highest BCUT2D eigenvalue weighted by atomic mass is 31.2. The van der Waals surface area contributed by atoms with Gasteiger partial charge in [-0.25, -0.2) is 9.36 Å². The van der Waals surface area contributed by atoms with E-state index in [2.05, 4.69) is 10.3 Å². The SMILES string of the molecule is CC(C)CC(NC(=O)c1ccco1)C(=O)OP(=O)(O)C(N)Cc1c[nH]c2ccccc12. The Hall–Kier alpha value is -2.87. The minimum Gasteiger partial charge on any atom is -0.459 e. The van der Waals surface area contributed by atoms with Gasteiger partial charge in [-0.15, -0.1) is 0 Å². The molecule has 0 bridgehead atoms. The van der Waals surface area contributed by atoms with Crippen LogP contribution in [0.4, 0.5) is 0 Å². The summed E-state index contributed by atoms with van der Waals surface area (Å²) in [5.41, 5.74) is 7.56. The number of carbonyl (C=O) groups excluding carboxylic acids is 2. The van der Waals surface area contributed by atoms with E-state index in [1.807, 2.05) is 38.1 Å². The third kappa shape index (κ3) is 5.64. The number of nitrogens with two attached hydrogens (primary N) is 1. The molecule has 0 saturated carbocycles. The topological polar surface area (TPSA) is 148 Å². The Morgan fingerprint density at radius 1 is 1.26 bits per heavy atom. The van der Waals surface area contributed by atoms with Gasteiger partial charge in [0.05, 0.1) is 6.26 Å². The van der Waals surface area contributed by atoms with Crippen LogP contribution >= 0.6 is 7.60 Å². The number of hydrogen-bond donors (Lipinski definition) is 4. The highest BCUT2D eigenvalue weighted by Gasteiger charge is 2.36. The molecular formula is C21H26N3O6P. The fourth-order valence-electron chi connectivity index (χ4n) is 3.22. The maximum Gasteiger partial charge on any atom is 0.395 e. The van der Waals surface area contributed by atoms with E-state index in [0.717, 1.165) is 16.5 Å². The van der Waals surface area contributed by atoms with Gasteiger partial charge in [-0.2, -0.15) is 0 Å². The molecule has 31 heavy (non-hydrogen) atoms. The zero-order valence-corrected chi connectivity index (χ0v) is 18.2. The summed E-state index contributed by atoms with van der Waals surface area (Å²) in [6.07, 6.45) is 3.27. The van der Waals surface area contributed by atoms with Crippen LogP contribution in [-0.4, -0.2) is 33.6 Å². The number of H-pyrrole nitrogens is 1. The molecule has 9 nitrogen and oxygen atoms in total. The molecule has 3 rings (SSSR count). The van der Waals surface area contributed by atoms with Crippen LogP contribution in [0.3, 0.4) is 0 Å². The molecule has 10 heteroatoms. The number of nitrogens with one attached hydrogen (secondary N) is 2. The molecule has 0 aliphatic rings. The molecule has 1 amide bonds. The Morgan fingerprint density at radius 3 is 2.68 bits per heavy atom. The third-order valence-electron chi connectivity index (χ3n) is 4.79. The average molecular weight is 447 g/mol. The van der Waals surface area contributed by atoms with Crippen molar-refractivity contribution in [3.63, 3.8) is 0 Å². The van der Waals surface area contributed by atoms with Gasteiger partial charge >= 0.3 is 13.6 Å². The molecule has 0 spiro atoms. The maximum atomic E-state index is 12.7. The van der Waals surface area contributed by atoms with Gasteiger partial charge in [0.25, 0.3) is 5.91 Å². The predicted octanol–water partition coefficient (Wildman–Crippen LogP) is 3.16. The van der Waals surface area contributed by atoms with Crippen LogP contribution in [0, 0.1) is 5.92 Å². The second-order valence-electron chi connectivity index (χ2n) is 7.74. The summed E-state index contributed by atoms with van der Waals surface area (Å²) >= 11 is 0. The number of para-hydroxylation sites is 1. The minimum atomic E-state index is -4.52. The molecule has 0 fully saturated rings. The van der Waals surface area contributed by atoms with Crippen molar-refractivity contribution in [2.24, 2.45) is 11.7 Å². The number of carbonyl (C=O) groups is 2. The number of amides is 1. The number of aromatic amines is 1. The Kier molecular flexibility index (Phi) is 7.00. The van der Waals surface area contributed by atoms with E-state index in [-0.39, 0.29) is 24.5 Å². The molecule has 0 radical (unpaired) electrons. The molecule has 2 heterocycles. The van der Waals surface area contributed by atoms with Gasteiger partial charge in [0.15, 0.2) is 5.76 Å². The lowest BCUT2D eigenvalue weighted by molar-refractivity contribution is -0.137. The normalized spacial score (nSPS) is 15.4. The van der Waals surface area contributed by atoms with Gasteiger partial charge in [0.2, 0.25) is 0 Å². The summed E-state index contributed by atoms with van der Waals surface area (Å²) in [5, 5.41) is 3.36. The number of aromatic nitrogens is 1. The van der Waals surface area contributed by atoms with Gasteiger partial charge in [-0.3, -0.25) is 4.79 Å². The molecule has 0 saturated heterocycles. The van der Waals surface area contributed by atoms with E-state index in [1.165, 1.54) is 18.4 Å². The molecule has 0 aliphatic heterocycles. The van der Waals surface area contributed by atoms with Crippen LogP contribution in [0.1, 0.15) is 36.4 Å². The highest BCUT2D eigenvalue weighted by Crippen LogP contribution is 2.47.